The first-order valence-electron chi connectivity index (χ1n) is 11.4. The van der Waals surface area contributed by atoms with Crippen molar-refractivity contribution in [3.63, 3.8) is 0 Å². The Hall–Kier alpha value is -2.79. The number of carbonyl (C=O) groups excluding carboxylic acids is 2. The molecule has 0 aliphatic carbocycles. The Kier molecular flexibility index (Phi) is 9.79. The summed E-state index contributed by atoms with van der Waals surface area (Å²) in [6.07, 6.45) is 3.80. The summed E-state index contributed by atoms with van der Waals surface area (Å²) in [5.74, 6) is 6.01. The molecular weight excluding hydrogens is 408 g/mol. The Morgan fingerprint density at radius 3 is 2.84 bits per heavy atom. The number of pyridine rings is 1. The van der Waals surface area contributed by atoms with Crippen LogP contribution in [-0.4, -0.2) is 77.3 Å². The standard InChI is InChI=1S/C24H36N4O4/c1-6-8-9-10-19-12-20-22(26-13-19)32-21(15-27(5)24(31)25-11-7-2)17(3)14-28(23(20)30)18(4)16-29/h12-13,17-18,21,29H,6-8,11,14-16H2,1-5H3,(H,25,31)/t17-,18+,21+/m0/s1. The van der Waals surface area contributed by atoms with E-state index < -0.39 is 0 Å². The van der Waals surface area contributed by atoms with E-state index >= 15 is 0 Å². The van der Waals surface area contributed by atoms with Crippen LogP contribution in [0, 0.1) is 17.8 Å². The van der Waals surface area contributed by atoms with E-state index in [0.29, 0.717) is 30.8 Å². The largest absolute Gasteiger partial charge is 0.472 e. The molecule has 3 atom stereocenters. The molecular formula is C24H36N4O4. The van der Waals surface area contributed by atoms with Crippen LogP contribution in [0.3, 0.4) is 0 Å². The van der Waals surface area contributed by atoms with E-state index in [1.165, 1.54) is 0 Å². The monoisotopic (exact) mass is 444 g/mol. The van der Waals surface area contributed by atoms with Crippen LogP contribution in [-0.2, 0) is 0 Å². The predicted molar refractivity (Wildman–Crippen MR) is 124 cm³/mol. The normalized spacial score (nSPS) is 18.9. The lowest BCUT2D eigenvalue weighted by Crippen LogP contribution is -2.51. The van der Waals surface area contributed by atoms with Gasteiger partial charge in [-0.2, -0.15) is 0 Å². The van der Waals surface area contributed by atoms with Gasteiger partial charge in [-0.05, 0) is 25.8 Å². The van der Waals surface area contributed by atoms with Gasteiger partial charge in [-0.15, -0.1) is 0 Å². The third kappa shape index (κ3) is 6.60. The molecule has 1 aromatic rings. The number of hydrogen-bond acceptors (Lipinski definition) is 5. The maximum atomic E-state index is 13.3. The number of unbranched alkanes of at least 4 members (excludes halogenated alkanes) is 1. The second-order valence-electron chi connectivity index (χ2n) is 8.36. The van der Waals surface area contributed by atoms with Crippen LogP contribution in [0.2, 0.25) is 0 Å². The number of amides is 3. The first-order chi connectivity index (χ1) is 15.3. The minimum Gasteiger partial charge on any atom is -0.472 e. The summed E-state index contributed by atoms with van der Waals surface area (Å²) in [5, 5.41) is 12.6. The maximum Gasteiger partial charge on any atom is 0.317 e. The van der Waals surface area contributed by atoms with Gasteiger partial charge in [0.2, 0.25) is 5.88 Å². The number of fused-ring (bicyclic) bond motifs is 1. The van der Waals surface area contributed by atoms with Gasteiger partial charge in [0.15, 0.2) is 0 Å². The van der Waals surface area contributed by atoms with Gasteiger partial charge in [0.1, 0.15) is 11.7 Å². The smallest absolute Gasteiger partial charge is 0.317 e. The molecule has 0 spiro atoms. The quantitative estimate of drug-likeness (QED) is 0.630. The molecule has 8 heteroatoms. The number of nitrogens with zero attached hydrogens (tertiary/aromatic N) is 3. The lowest BCUT2D eigenvalue weighted by Gasteiger charge is -2.37. The fourth-order valence-corrected chi connectivity index (χ4v) is 3.40. The zero-order valence-electron chi connectivity index (χ0n) is 19.9. The van der Waals surface area contributed by atoms with Crippen molar-refractivity contribution < 1.29 is 19.4 Å². The molecule has 32 heavy (non-hydrogen) atoms. The van der Waals surface area contributed by atoms with Gasteiger partial charge < -0.3 is 25.0 Å². The Morgan fingerprint density at radius 1 is 1.44 bits per heavy atom. The fraction of sp³-hybridized carbons (Fsp3) is 0.625. The zero-order valence-corrected chi connectivity index (χ0v) is 19.9. The van der Waals surface area contributed by atoms with Gasteiger partial charge in [-0.3, -0.25) is 4.79 Å². The van der Waals surface area contributed by atoms with E-state index in [1.807, 2.05) is 20.8 Å². The van der Waals surface area contributed by atoms with E-state index in [4.69, 9.17) is 4.74 Å². The van der Waals surface area contributed by atoms with Crippen LogP contribution >= 0.6 is 0 Å². The molecule has 2 heterocycles. The minimum absolute atomic E-state index is 0.0895. The number of urea groups is 1. The number of ether oxygens (including phenoxy) is 1. The lowest BCUT2D eigenvalue weighted by atomic mass is 10.00. The summed E-state index contributed by atoms with van der Waals surface area (Å²) >= 11 is 0. The van der Waals surface area contributed by atoms with E-state index in [9.17, 15) is 14.7 Å². The van der Waals surface area contributed by atoms with Gasteiger partial charge in [0.05, 0.1) is 19.2 Å². The maximum absolute atomic E-state index is 13.3. The first kappa shape index (κ1) is 25.5. The second kappa shape index (κ2) is 12.3. The molecule has 1 aliphatic heterocycles. The van der Waals surface area contributed by atoms with Crippen molar-refractivity contribution in [2.24, 2.45) is 5.92 Å². The topological polar surface area (TPSA) is 95.0 Å². The van der Waals surface area contributed by atoms with Crippen LogP contribution in [0.1, 0.15) is 62.9 Å². The van der Waals surface area contributed by atoms with E-state index in [-0.39, 0.29) is 42.5 Å². The molecule has 0 bridgehead atoms. The summed E-state index contributed by atoms with van der Waals surface area (Å²) in [6, 6.07) is 1.17. The number of aromatic nitrogens is 1. The first-order valence-corrected chi connectivity index (χ1v) is 11.4. The SMILES string of the molecule is CCCC#Cc1cnc2c(c1)C(=O)N([C@H](C)CO)C[C@H](C)[C@@H](CN(C)C(=O)NCCC)O2. The van der Waals surface area contributed by atoms with Gasteiger partial charge in [-0.25, -0.2) is 9.78 Å². The third-order valence-electron chi connectivity index (χ3n) is 5.46. The average Bonchev–Trinajstić information content (AvgIpc) is 2.79. The number of carbonyl (C=O) groups is 2. The summed E-state index contributed by atoms with van der Waals surface area (Å²) < 4.78 is 6.20. The predicted octanol–water partition coefficient (Wildman–Crippen LogP) is 2.50. The molecule has 3 amide bonds. The number of rotatable bonds is 7. The molecule has 2 rings (SSSR count). The molecule has 176 valence electrons. The Bertz CT molecular complexity index is 848. The summed E-state index contributed by atoms with van der Waals surface area (Å²) in [7, 11) is 1.72. The van der Waals surface area contributed by atoms with Crippen molar-refractivity contribution in [1.82, 2.24) is 20.1 Å². The molecule has 0 fully saturated rings. The van der Waals surface area contributed by atoms with E-state index in [1.54, 1.807) is 29.1 Å². The molecule has 1 aromatic heterocycles. The minimum atomic E-state index is -0.378. The van der Waals surface area contributed by atoms with Crippen molar-refractivity contribution >= 4 is 11.9 Å². The molecule has 0 saturated heterocycles. The Balaban J connectivity index is 2.38. The second-order valence-corrected chi connectivity index (χ2v) is 8.36. The number of hydrogen-bond donors (Lipinski definition) is 2. The van der Waals surface area contributed by atoms with Crippen LogP contribution < -0.4 is 10.1 Å². The molecule has 8 nitrogen and oxygen atoms in total. The highest BCUT2D eigenvalue weighted by atomic mass is 16.5. The highest BCUT2D eigenvalue weighted by molar-refractivity contribution is 5.97. The Labute approximate surface area is 191 Å². The van der Waals surface area contributed by atoms with Crippen molar-refractivity contribution in [2.75, 3.05) is 33.3 Å². The van der Waals surface area contributed by atoms with Gasteiger partial charge in [0.25, 0.3) is 5.91 Å². The van der Waals surface area contributed by atoms with Gasteiger partial charge in [-0.1, -0.05) is 32.6 Å². The number of nitrogens with one attached hydrogen (secondary N) is 1. The van der Waals surface area contributed by atoms with Crippen LogP contribution in [0.4, 0.5) is 4.79 Å². The third-order valence-corrected chi connectivity index (χ3v) is 5.46. The van der Waals surface area contributed by atoms with Crippen LogP contribution in [0.25, 0.3) is 0 Å². The molecule has 1 aliphatic rings. The van der Waals surface area contributed by atoms with Crippen molar-refractivity contribution in [1.29, 1.82) is 0 Å². The van der Waals surface area contributed by atoms with Crippen LogP contribution in [0.15, 0.2) is 12.3 Å². The fourth-order valence-electron chi connectivity index (χ4n) is 3.40. The highest BCUT2D eigenvalue weighted by Crippen LogP contribution is 2.27. The molecule has 0 unspecified atom stereocenters. The average molecular weight is 445 g/mol. The van der Waals surface area contributed by atoms with Crippen molar-refractivity contribution in [2.45, 2.75) is 59.1 Å². The Morgan fingerprint density at radius 2 is 2.19 bits per heavy atom. The number of aliphatic hydroxyl groups excluding tert-OH is 1. The van der Waals surface area contributed by atoms with E-state index in [0.717, 1.165) is 19.3 Å². The summed E-state index contributed by atoms with van der Waals surface area (Å²) in [6.45, 7) is 9.02. The zero-order chi connectivity index (χ0) is 23.7. The summed E-state index contributed by atoms with van der Waals surface area (Å²) in [4.78, 5) is 33.3. The van der Waals surface area contributed by atoms with E-state index in [2.05, 4.69) is 29.1 Å². The van der Waals surface area contributed by atoms with Crippen molar-refractivity contribution in [3.8, 4) is 17.7 Å². The highest BCUT2D eigenvalue weighted by Gasteiger charge is 2.34. The molecule has 2 N–H and O–H groups in total. The lowest BCUT2D eigenvalue weighted by molar-refractivity contribution is 0.0352. The number of likely N-dealkylation sites (N-methyl/N-ethyl adjacent to an activating group) is 1. The molecule has 0 radical (unpaired) electrons. The number of aliphatic hydroxyl groups is 1. The van der Waals surface area contributed by atoms with Crippen molar-refractivity contribution in [3.05, 3.63) is 23.4 Å². The summed E-state index contributed by atoms with van der Waals surface area (Å²) in [5.41, 5.74) is 0.968. The van der Waals surface area contributed by atoms with Gasteiger partial charge >= 0.3 is 6.03 Å². The molecule has 0 aromatic carbocycles. The van der Waals surface area contributed by atoms with Gasteiger partial charge in [0, 0.05) is 44.2 Å². The van der Waals surface area contributed by atoms with Crippen LogP contribution in [0.5, 0.6) is 5.88 Å². The molecule has 0 saturated carbocycles.